The molecule has 7 nitrogen and oxygen atoms in total. The van der Waals surface area contributed by atoms with Crippen LogP contribution >= 0.6 is 11.3 Å². The van der Waals surface area contributed by atoms with Gasteiger partial charge in [0.2, 0.25) is 0 Å². The predicted molar refractivity (Wildman–Crippen MR) is 110 cm³/mol. The molecule has 0 aromatic carbocycles. The van der Waals surface area contributed by atoms with Crippen LogP contribution in [0, 0.1) is 0 Å². The fraction of sp³-hybridized carbons (Fsp3) is 0.737. The summed E-state index contributed by atoms with van der Waals surface area (Å²) < 4.78 is 5.50. The van der Waals surface area contributed by atoms with Gasteiger partial charge in [-0.1, -0.05) is 6.92 Å². The summed E-state index contributed by atoms with van der Waals surface area (Å²) in [5.74, 6) is 0.764. The van der Waals surface area contributed by atoms with E-state index in [1.165, 1.54) is 0 Å². The number of nitrogens with zero attached hydrogens (tertiary/aromatic N) is 3. The topological polar surface area (TPSA) is 78.9 Å². The minimum Gasteiger partial charge on any atom is -0.444 e. The van der Waals surface area contributed by atoms with Crippen LogP contribution in [-0.2, 0) is 17.7 Å². The first-order chi connectivity index (χ1) is 12.8. The Bertz CT molecular complexity index is 638. The van der Waals surface area contributed by atoms with Gasteiger partial charge in [0.25, 0.3) is 0 Å². The van der Waals surface area contributed by atoms with E-state index < -0.39 is 5.60 Å². The summed E-state index contributed by atoms with van der Waals surface area (Å²) >= 11 is 1.68. The molecule has 8 heteroatoms. The molecule has 1 saturated heterocycles. The minimum absolute atomic E-state index is 0.158. The Labute approximate surface area is 166 Å². The number of carbonyl (C=O) groups is 1. The van der Waals surface area contributed by atoms with Gasteiger partial charge in [0.15, 0.2) is 5.96 Å². The van der Waals surface area contributed by atoms with Gasteiger partial charge in [-0.3, -0.25) is 0 Å². The van der Waals surface area contributed by atoms with Crippen molar-refractivity contribution >= 4 is 23.4 Å². The molecule has 1 aliphatic rings. The van der Waals surface area contributed by atoms with E-state index in [4.69, 9.17) is 4.74 Å². The van der Waals surface area contributed by atoms with Gasteiger partial charge in [0.05, 0.1) is 17.2 Å². The van der Waals surface area contributed by atoms with Crippen LogP contribution in [0.15, 0.2) is 10.4 Å². The number of likely N-dealkylation sites (tertiary alicyclic amines) is 1. The Balaban J connectivity index is 1.94. The fourth-order valence-corrected chi connectivity index (χ4v) is 3.58. The number of aryl methyl sites for hydroxylation is 1. The van der Waals surface area contributed by atoms with Crippen molar-refractivity contribution in [3.63, 3.8) is 0 Å². The standard InChI is InChI=1S/C19H33N5O2S/c1-6-16-22-15(13-27-16)11-21-17(20-7-2)23-14-9-8-10-24(12-14)18(25)26-19(3,4)5/h13-14H,6-12H2,1-5H3,(H2,20,21,23). The molecule has 1 aliphatic heterocycles. The van der Waals surface area contributed by atoms with Crippen LogP contribution in [0.3, 0.4) is 0 Å². The van der Waals surface area contributed by atoms with Crippen molar-refractivity contribution in [2.45, 2.75) is 72.1 Å². The molecule has 0 bridgehead atoms. The Kier molecular flexibility index (Phi) is 7.89. The lowest BCUT2D eigenvalue weighted by Crippen LogP contribution is -2.53. The third-order valence-corrected chi connectivity index (χ3v) is 5.10. The van der Waals surface area contributed by atoms with Crippen LogP contribution in [-0.4, -0.2) is 53.2 Å². The Morgan fingerprint density at radius 1 is 1.44 bits per heavy atom. The first-order valence-electron chi connectivity index (χ1n) is 9.76. The van der Waals surface area contributed by atoms with Crippen LogP contribution in [0.2, 0.25) is 0 Å². The summed E-state index contributed by atoms with van der Waals surface area (Å²) in [5, 5.41) is 9.95. The van der Waals surface area contributed by atoms with E-state index in [0.717, 1.165) is 49.0 Å². The normalized spacial score (nSPS) is 18.3. The van der Waals surface area contributed by atoms with Crippen molar-refractivity contribution in [1.29, 1.82) is 0 Å². The molecule has 1 atom stereocenters. The largest absolute Gasteiger partial charge is 0.444 e. The minimum atomic E-state index is -0.473. The summed E-state index contributed by atoms with van der Waals surface area (Å²) in [5.41, 5.74) is 0.520. The van der Waals surface area contributed by atoms with Crippen LogP contribution < -0.4 is 10.6 Å². The number of aromatic nitrogens is 1. The second-order valence-electron chi connectivity index (χ2n) is 7.69. The van der Waals surface area contributed by atoms with E-state index >= 15 is 0 Å². The van der Waals surface area contributed by atoms with Crippen LogP contribution in [0.4, 0.5) is 4.79 Å². The quantitative estimate of drug-likeness (QED) is 0.591. The molecule has 152 valence electrons. The first kappa shape index (κ1) is 21.5. The fourth-order valence-electron chi connectivity index (χ4n) is 2.84. The lowest BCUT2D eigenvalue weighted by atomic mass is 10.1. The predicted octanol–water partition coefficient (Wildman–Crippen LogP) is 3.16. The summed E-state index contributed by atoms with van der Waals surface area (Å²) in [6.45, 7) is 12.5. The second kappa shape index (κ2) is 9.92. The third-order valence-electron chi connectivity index (χ3n) is 4.06. The number of amides is 1. The highest BCUT2D eigenvalue weighted by Gasteiger charge is 2.28. The number of nitrogens with one attached hydrogen (secondary N) is 2. The maximum Gasteiger partial charge on any atom is 0.410 e. The van der Waals surface area contributed by atoms with E-state index in [1.54, 1.807) is 16.2 Å². The average molecular weight is 396 g/mol. The molecule has 2 N–H and O–H groups in total. The maximum absolute atomic E-state index is 12.3. The highest BCUT2D eigenvalue weighted by molar-refractivity contribution is 7.09. The van der Waals surface area contributed by atoms with E-state index in [0.29, 0.717) is 13.1 Å². The number of aliphatic imine (C=N–C) groups is 1. The van der Waals surface area contributed by atoms with E-state index in [-0.39, 0.29) is 12.1 Å². The zero-order valence-corrected chi connectivity index (χ0v) is 18.0. The van der Waals surface area contributed by atoms with E-state index in [2.05, 4.69) is 32.9 Å². The molecular formula is C19H33N5O2S. The van der Waals surface area contributed by atoms with Crippen LogP contribution in [0.1, 0.15) is 58.2 Å². The highest BCUT2D eigenvalue weighted by Crippen LogP contribution is 2.15. The molecule has 2 rings (SSSR count). The SMILES string of the molecule is CCNC(=NCc1csc(CC)n1)NC1CCCN(C(=O)OC(C)(C)C)C1. The summed E-state index contributed by atoms with van der Waals surface area (Å²) in [6.07, 6.45) is 2.66. The number of hydrogen-bond donors (Lipinski definition) is 2. The Hall–Kier alpha value is -1.83. The summed E-state index contributed by atoms with van der Waals surface area (Å²) in [4.78, 5) is 23.3. The molecule has 27 heavy (non-hydrogen) atoms. The molecule has 0 radical (unpaired) electrons. The molecule has 0 saturated carbocycles. The maximum atomic E-state index is 12.3. The zero-order valence-electron chi connectivity index (χ0n) is 17.2. The molecule has 1 fully saturated rings. The molecule has 1 aromatic rings. The van der Waals surface area contributed by atoms with Crippen molar-refractivity contribution in [3.8, 4) is 0 Å². The third kappa shape index (κ3) is 7.36. The van der Waals surface area contributed by atoms with Gasteiger partial charge in [-0.05, 0) is 47.0 Å². The first-order valence-corrected chi connectivity index (χ1v) is 10.6. The van der Waals surface area contributed by atoms with Crippen molar-refractivity contribution in [3.05, 3.63) is 16.1 Å². The lowest BCUT2D eigenvalue weighted by molar-refractivity contribution is 0.0193. The van der Waals surface area contributed by atoms with E-state index in [9.17, 15) is 4.79 Å². The Morgan fingerprint density at radius 2 is 2.22 bits per heavy atom. The van der Waals surface area contributed by atoms with Crippen LogP contribution in [0.25, 0.3) is 0 Å². The van der Waals surface area contributed by atoms with Gasteiger partial charge in [0.1, 0.15) is 5.60 Å². The monoisotopic (exact) mass is 395 g/mol. The average Bonchev–Trinajstić information content (AvgIpc) is 3.07. The van der Waals surface area contributed by atoms with Crippen molar-refractivity contribution in [1.82, 2.24) is 20.5 Å². The number of piperidine rings is 1. The van der Waals surface area contributed by atoms with Gasteiger partial charge >= 0.3 is 6.09 Å². The lowest BCUT2D eigenvalue weighted by Gasteiger charge is -2.35. The van der Waals surface area contributed by atoms with Gasteiger partial charge in [-0.25, -0.2) is 14.8 Å². The molecule has 1 unspecified atom stereocenters. The molecular weight excluding hydrogens is 362 g/mol. The highest BCUT2D eigenvalue weighted by atomic mass is 32.1. The number of hydrogen-bond acceptors (Lipinski definition) is 5. The Morgan fingerprint density at radius 3 is 2.85 bits per heavy atom. The molecule has 0 aliphatic carbocycles. The zero-order chi connectivity index (χ0) is 19.9. The van der Waals surface area contributed by atoms with Crippen molar-refractivity contribution < 1.29 is 9.53 Å². The number of thiazole rings is 1. The summed E-state index contributed by atoms with van der Waals surface area (Å²) in [7, 11) is 0. The van der Waals surface area contributed by atoms with E-state index in [1.807, 2.05) is 27.7 Å². The van der Waals surface area contributed by atoms with Gasteiger partial charge < -0.3 is 20.3 Å². The molecule has 0 spiro atoms. The van der Waals surface area contributed by atoms with Gasteiger partial charge in [-0.2, -0.15) is 0 Å². The van der Waals surface area contributed by atoms with Crippen LogP contribution in [0.5, 0.6) is 0 Å². The number of rotatable bonds is 5. The number of guanidine groups is 1. The van der Waals surface area contributed by atoms with Crippen molar-refractivity contribution in [2.24, 2.45) is 4.99 Å². The van der Waals surface area contributed by atoms with Gasteiger partial charge in [0, 0.05) is 31.1 Å². The van der Waals surface area contributed by atoms with Crippen molar-refractivity contribution in [2.75, 3.05) is 19.6 Å². The number of carbonyl (C=O) groups excluding carboxylic acids is 1. The van der Waals surface area contributed by atoms with Gasteiger partial charge in [-0.15, -0.1) is 11.3 Å². The molecule has 2 heterocycles. The molecule has 1 amide bonds. The molecule has 1 aromatic heterocycles. The summed E-state index contributed by atoms with van der Waals surface area (Å²) in [6, 6.07) is 0.158. The smallest absolute Gasteiger partial charge is 0.410 e. The number of ether oxygens (including phenoxy) is 1. The second-order valence-corrected chi connectivity index (χ2v) is 8.63.